The molecule has 0 aromatic heterocycles. The molecule has 0 bridgehead atoms. The van der Waals surface area contributed by atoms with Gasteiger partial charge in [0.05, 0.1) is 0 Å². The van der Waals surface area contributed by atoms with Gasteiger partial charge in [0.1, 0.15) is 6.61 Å². The maximum Gasteiger partial charge on any atom is 0.306 e. The Morgan fingerprint density at radius 3 is 2.67 bits per heavy atom. The van der Waals surface area contributed by atoms with Crippen molar-refractivity contribution in [3.05, 3.63) is 23.3 Å². The van der Waals surface area contributed by atoms with Crippen LogP contribution in [0.3, 0.4) is 0 Å². The van der Waals surface area contributed by atoms with Gasteiger partial charge in [-0.3, -0.25) is 9.59 Å². The van der Waals surface area contributed by atoms with Crippen molar-refractivity contribution in [1.29, 1.82) is 0 Å². The molecule has 1 amide bonds. The van der Waals surface area contributed by atoms with Crippen molar-refractivity contribution in [2.75, 3.05) is 13.2 Å². The molecule has 4 nitrogen and oxygen atoms in total. The molecule has 0 radical (unpaired) electrons. The molecule has 0 saturated heterocycles. The van der Waals surface area contributed by atoms with Gasteiger partial charge >= 0.3 is 5.97 Å². The highest BCUT2D eigenvalue weighted by atomic mass is 16.5. The van der Waals surface area contributed by atoms with Gasteiger partial charge in [-0.15, -0.1) is 0 Å². The zero-order chi connectivity index (χ0) is 18.2. The van der Waals surface area contributed by atoms with Crippen molar-refractivity contribution in [3.63, 3.8) is 0 Å². The third kappa shape index (κ3) is 6.50. The number of carbonyl (C=O) groups excluding carboxylic acids is 2. The molecule has 0 aromatic rings. The third-order valence-electron chi connectivity index (χ3n) is 5.24. The highest BCUT2D eigenvalue weighted by Gasteiger charge is 2.33. The second-order valence-electron chi connectivity index (χ2n) is 7.24. The summed E-state index contributed by atoms with van der Waals surface area (Å²) in [6.45, 7) is 11.3. The minimum Gasteiger partial charge on any atom is -0.461 e. The normalized spacial score (nSPS) is 19.8. The highest BCUT2D eigenvalue weighted by Crippen LogP contribution is 2.44. The van der Waals surface area contributed by atoms with E-state index in [1.54, 1.807) is 0 Å². The van der Waals surface area contributed by atoms with E-state index in [4.69, 9.17) is 4.74 Å². The molecule has 0 aromatic carbocycles. The summed E-state index contributed by atoms with van der Waals surface area (Å²) in [4.78, 5) is 22.5. The first-order valence-electron chi connectivity index (χ1n) is 9.02. The van der Waals surface area contributed by atoms with E-state index in [9.17, 15) is 9.59 Å². The van der Waals surface area contributed by atoms with Gasteiger partial charge in [-0.1, -0.05) is 38.5 Å². The summed E-state index contributed by atoms with van der Waals surface area (Å²) in [7, 11) is 0. The van der Waals surface area contributed by atoms with Crippen molar-refractivity contribution >= 4 is 11.9 Å². The van der Waals surface area contributed by atoms with Crippen LogP contribution < -0.4 is 5.32 Å². The Kier molecular flexibility index (Phi) is 8.23. The van der Waals surface area contributed by atoms with E-state index in [1.165, 1.54) is 18.1 Å². The highest BCUT2D eigenvalue weighted by molar-refractivity contribution is 5.73. The van der Waals surface area contributed by atoms with E-state index in [0.29, 0.717) is 31.9 Å². The molecule has 0 fully saturated rings. The second-order valence-corrected chi connectivity index (χ2v) is 7.24. The lowest BCUT2D eigenvalue weighted by Gasteiger charge is -2.29. The molecule has 0 saturated carbocycles. The van der Waals surface area contributed by atoms with Crippen LogP contribution >= 0.6 is 0 Å². The summed E-state index contributed by atoms with van der Waals surface area (Å²) in [5.74, 6) is 0.366. The molecule has 4 heteroatoms. The van der Waals surface area contributed by atoms with E-state index in [2.05, 4.69) is 45.2 Å². The van der Waals surface area contributed by atoms with Gasteiger partial charge in [-0.25, -0.2) is 0 Å². The van der Waals surface area contributed by atoms with Gasteiger partial charge in [0, 0.05) is 19.9 Å². The molecule has 1 aliphatic carbocycles. The average Bonchev–Trinajstić information content (AvgIpc) is 2.77. The van der Waals surface area contributed by atoms with E-state index in [1.807, 2.05) is 0 Å². The molecule has 1 aliphatic rings. The number of ether oxygens (including phenoxy) is 1. The summed E-state index contributed by atoms with van der Waals surface area (Å²) in [5, 5.41) is 2.68. The monoisotopic (exact) mass is 335 g/mol. The van der Waals surface area contributed by atoms with E-state index < -0.39 is 0 Å². The number of nitrogens with one attached hydrogen (secondary N) is 1. The van der Waals surface area contributed by atoms with Crippen LogP contribution in [0.4, 0.5) is 0 Å². The van der Waals surface area contributed by atoms with Crippen molar-refractivity contribution in [2.24, 2.45) is 11.3 Å². The first kappa shape index (κ1) is 20.5. The van der Waals surface area contributed by atoms with Gasteiger partial charge < -0.3 is 10.1 Å². The first-order chi connectivity index (χ1) is 11.3. The van der Waals surface area contributed by atoms with Crippen LogP contribution in [0.2, 0.25) is 0 Å². The number of esters is 1. The van der Waals surface area contributed by atoms with Gasteiger partial charge in [-0.2, -0.15) is 0 Å². The summed E-state index contributed by atoms with van der Waals surface area (Å²) in [5.41, 5.74) is 2.92. The van der Waals surface area contributed by atoms with Gasteiger partial charge in [-0.05, 0) is 49.5 Å². The maximum atomic E-state index is 11.7. The smallest absolute Gasteiger partial charge is 0.306 e. The number of hydrogen-bond acceptors (Lipinski definition) is 3. The van der Waals surface area contributed by atoms with Crippen LogP contribution in [0.15, 0.2) is 23.3 Å². The predicted molar refractivity (Wildman–Crippen MR) is 97.5 cm³/mol. The number of hydrogen-bond donors (Lipinski definition) is 1. The molecule has 1 N–H and O–H groups in total. The number of allylic oxidation sites excluding steroid dienone is 3. The Balaban J connectivity index is 2.34. The fraction of sp³-hybridized carbons (Fsp3) is 0.700. The quantitative estimate of drug-likeness (QED) is 0.391. The molecule has 1 unspecified atom stereocenters. The van der Waals surface area contributed by atoms with Gasteiger partial charge in [0.2, 0.25) is 5.91 Å². The van der Waals surface area contributed by atoms with Crippen LogP contribution in [0.5, 0.6) is 0 Å². The second kappa shape index (κ2) is 9.65. The molecular weight excluding hydrogens is 302 g/mol. The average molecular weight is 335 g/mol. The van der Waals surface area contributed by atoms with Crippen molar-refractivity contribution in [3.8, 4) is 0 Å². The van der Waals surface area contributed by atoms with Crippen LogP contribution in [0.25, 0.3) is 0 Å². The van der Waals surface area contributed by atoms with Crippen LogP contribution in [-0.2, 0) is 14.3 Å². The largest absolute Gasteiger partial charge is 0.461 e. The lowest BCUT2D eigenvalue weighted by atomic mass is 9.76. The standard InChI is InChI=1S/C20H33NO3/c1-6-17(10-12-18-11-9-15(2)20(18,4)5)14-24-19(23)8-7-13-21-16(3)22/h9-10,18H,6-8,11-14H2,1-5H3,(H,21,22). The Labute approximate surface area is 146 Å². The molecule has 0 heterocycles. The van der Waals surface area contributed by atoms with Crippen molar-refractivity contribution < 1.29 is 14.3 Å². The third-order valence-corrected chi connectivity index (χ3v) is 5.24. The molecule has 1 rings (SSSR count). The summed E-state index contributed by atoms with van der Waals surface area (Å²) < 4.78 is 5.36. The van der Waals surface area contributed by atoms with Gasteiger partial charge in [0.15, 0.2) is 0 Å². The summed E-state index contributed by atoms with van der Waals surface area (Å²) >= 11 is 0. The zero-order valence-corrected chi connectivity index (χ0v) is 15.9. The SMILES string of the molecule is CCC(=CCC1CC=C(C)C1(C)C)COC(=O)CCCNC(C)=O. The van der Waals surface area contributed by atoms with Crippen LogP contribution in [0, 0.1) is 11.3 Å². The molecular formula is C20H33NO3. The Morgan fingerprint density at radius 2 is 2.12 bits per heavy atom. The Bertz CT molecular complexity index is 503. The predicted octanol–water partition coefficient (Wildman–Crippen LogP) is 4.16. The lowest BCUT2D eigenvalue weighted by Crippen LogP contribution is -2.21. The molecule has 136 valence electrons. The first-order valence-corrected chi connectivity index (χ1v) is 9.02. The molecule has 1 atom stereocenters. The summed E-state index contributed by atoms with van der Waals surface area (Å²) in [6, 6.07) is 0. The number of amides is 1. The minimum absolute atomic E-state index is 0.0702. The number of carbonyl (C=O) groups is 2. The fourth-order valence-electron chi connectivity index (χ4n) is 2.95. The lowest BCUT2D eigenvalue weighted by molar-refractivity contribution is -0.142. The van der Waals surface area contributed by atoms with Crippen LogP contribution in [-0.4, -0.2) is 25.0 Å². The van der Waals surface area contributed by atoms with Crippen molar-refractivity contribution in [1.82, 2.24) is 5.32 Å². The van der Waals surface area contributed by atoms with E-state index >= 15 is 0 Å². The van der Waals surface area contributed by atoms with E-state index in [0.717, 1.165) is 19.3 Å². The Hall–Kier alpha value is -1.58. The topological polar surface area (TPSA) is 55.4 Å². The molecule has 24 heavy (non-hydrogen) atoms. The minimum atomic E-state index is -0.196. The zero-order valence-electron chi connectivity index (χ0n) is 15.9. The fourth-order valence-corrected chi connectivity index (χ4v) is 2.95. The van der Waals surface area contributed by atoms with Gasteiger partial charge in [0.25, 0.3) is 0 Å². The van der Waals surface area contributed by atoms with Crippen LogP contribution in [0.1, 0.15) is 66.7 Å². The maximum absolute atomic E-state index is 11.7. The number of rotatable bonds is 9. The van der Waals surface area contributed by atoms with Crippen molar-refractivity contribution in [2.45, 2.75) is 66.7 Å². The van der Waals surface area contributed by atoms with E-state index in [-0.39, 0.29) is 17.3 Å². The molecule has 0 spiro atoms. The summed E-state index contributed by atoms with van der Waals surface area (Å²) in [6.07, 6.45) is 8.63. The molecule has 0 aliphatic heterocycles. The Morgan fingerprint density at radius 1 is 1.42 bits per heavy atom.